The molecule has 0 saturated heterocycles. The van der Waals surface area contributed by atoms with E-state index in [1.54, 1.807) is 11.8 Å². The highest BCUT2D eigenvalue weighted by Crippen LogP contribution is 2.14. The molecular weight excluding hydrogens is 232 g/mol. The highest BCUT2D eigenvalue weighted by atomic mass is 32.2. The van der Waals surface area contributed by atoms with Gasteiger partial charge in [-0.3, -0.25) is 0 Å². The maximum Gasteiger partial charge on any atom is 0.0864 e. The van der Waals surface area contributed by atoms with E-state index in [4.69, 9.17) is 4.74 Å². The molecule has 1 N–H and O–H groups in total. The molecule has 3 heteroatoms. The Morgan fingerprint density at radius 1 is 1.29 bits per heavy atom. The van der Waals surface area contributed by atoms with Crippen LogP contribution in [0.1, 0.15) is 25.8 Å². The summed E-state index contributed by atoms with van der Waals surface area (Å²) in [5, 5.41) is 10.3. The Morgan fingerprint density at radius 3 is 2.65 bits per heavy atom. The van der Waals surface area contributed by atoms with Crippen molar-refractivity contribution in [1.29, 1.82) is 0 Å². The van der Waals surface area contributed by atoms with Gasteiger partial charge in [0.2, 0.25) is 0 Å². The largest absolute Gasteiger partial charge is 0.390 e. The van der Waals surface area contributed by atoms with Crippen molar-refractivity contribution in [3.63, 3.8) is 0 Å². The Labute approximate surface area is 108 Å². The number of thioether (sulfide) groups is 1. The Hall–Kier alpha value is -0.510. The van der Waals surface area contributed by atoms with Gasteiger partial charge in [-0.25, -0.2) is 0 Å². The minimum Gasteiger partial charge on any atom is -0.390 e. The summed E-state index contributed by atoms with van der Waals surface area (Å²) in [5.41, 5.74) is 1.15. The second-order valence-corrected chi connectivity index (χ2v) is 5.68. The van der Waals surface area contributed by atoms with Gasteiger partial charge in [0.05, 0.1) is 19.3 Å². The first kappa shape index (κ1) is 14.6. The molecular formula is C14H22O2S. The van der Waals surface area contributed by atoms with E-state index in [0.29, 0.717) is 18.5 Å². The summed E-state index contributed by atoms with van der Waals surface area (Å²) in [6.07, 6.45) is 0.778. The van der Waals surface area contributed by atoms with Gasteiger partial charge in [-0.2, -0.15) is 11.8 Å². The Kier molecular flexibility index (Phi) is 7.33. The summed E-state index contributed by atoms with van der Waals surface area (Å²) in [7, 11) is 0. The molecule has 1 aromatic rings. The number of hydrogen-bond donors (Lipinski definition) is 1. The van der Waals surface area contributed by atoms with Gasteiger partial charge < -0.3 is 9.84 Å². The van der Waals surface area contributed by atoms with E-state index in [-0.39, 0.29) is 6.10 Å². The van der Waals surface area contributed by atoms with Crippen LogP contribution in [0, 0.1) is 0 Å². The Morgan fingerprint density at radius 2 is 2.00 bits per heavy atom. The predicted molar refractivity (Wildman–Crippen MR) is 74.3 cm³/mol. The maximum atomic E-state index is 9.73. The first-order chi connectivity index (χ1) is 8.22. The number of benzene rings is 1. The van der Waals surface area contributed by atoms with Gasteiger partial charge in [-0.05, 0) is 12.0 Å². The lowest BCUT2D eigenvalue weighted by Crippen LogP contribution is -2.19. The molecule has 0 aromatic heterocycles. The van der Waals surface area contributed by atoms with Crippen molar-refractivity contribution in [2.24, 2.45) is 0 Å². The lowest BCUT2D eigenvalue weighted by molar-refractivity contribution is 0.0397. The monoisotopic (exact) mass is 254 g/mol. The zero-order chi connectivity index (χ0) is 12.5. The molecule has 0 saturated carbocycles. The van der Waals surface area contributed by atoms with Crippen LogP contribution in [0.2, 0.25) is 0 Å². The molecule has 17 heavy (non-hydrogen) atoms. The van der Waals surface area contributed by atoms with Crippen molar-refractivity contribution in [1.82, 2.24) is 0 Å². The topological polar surface area (TPSA) is 29.5 Å². The van der Waals surface area contributed by atoms with Gasteiger partial charge in [0.15, 0.2) is 0 Å². The van der Waals surface area contributed by atoms with Gasteiger partial charge in [-0.15, -0.1) is 0 Å². The highest BCUT2D eigenvalue weighted by molar-refractivity contribution is 7.99. The summed E-state index contributed by atoms with van der Waals surface area (Å²) < 4.78 is 5.48. The van der Waals surface area contributed by atoms with Crippen LogP contribution in [0.15, 0.2) is 30.3 Å². The van der Waals surface area contributed by atoms with Crippen molar-refractivity contribution >= 4 is 11.8 Å². The SMILES string of the molecule is CCC(C)SCC(O)COCc1ccccc1. The van der Waals surface area contributed by atoms with Crippen molar-refractivity contribution in [2.45, 2.75) is 38.2 Å². The molecule has 96 valence electrons. The predicted octanol–water partition coefficient (Wildman–Crippen LogP) is 3.10. The van der Waals surface area contributed by atoms with Crippen molar-refractivity contribution in [3.8, 4) is 0 Å². The molecule has 1 rings (SSSR count). The lowest BCUT2D eigenvalue weighted by Gasteiger charge is -2.13. The zero-order valence-electron chi connectivity index (χ0n) is 10.6. The van der Waals surface area contributed by atoms with Gasteiger partial charge >= 0.3 is 0 Å². The molecule has 1 aromatic carbocycles. The Balaban J connectivity index is 2.10. The summed E-state index contributed by atoms with van der Waals surface area (Å²) in [4.78, 5) is 0. The smallest absolute Gasteiger partial charge is 0.0864 e. The minimum absolute atomic E-state index is 0.363. The minimum atomic E-state index is -0.363. The summed E-state index contributed by atoms with van der Waals surface area (Å²) >= 11 is 1.80. The fourth-order valence-corrected chi connectivity index (χ4v) is 2.21. The van der Waals surface area contributed by atoms with E-state index in [0.717, 1.165) is 17.7 Å². The number of rotatable bonds is 8. The lowest BCUT2D eigenvalue weighted by atomic mass is 10.2. The summed E-state index contributed by atoms with van der Waals surface area (Å²) in [6, 6.07) is 10.0. The summed E-state index contributed by atoms with van der Waals surface area (Å²) in [6.45, 7) is 5.34. The molecule has 2 nitrogen and oxygen atoms in total. The van der Waals surface area contributed by atoms with Crippen LogP contribution in [-0.4, -0.2) is 28.8 Å². The number of hydrogen-bond acceptors (Lipinski definition) is 3. The molecule has 0 bridgehead atoms. The molecule has 0 heterocycles. The Bertz CT molecular complexity index is 290. The maximum absolute atomic E-state index is 9.73. The third-order valence-corrected chi connectivity index (χ3v) is 4.05. The van der Waals surface area contributed by atoms with Gasteiger partial charge in [0.1, 0.15) is 0 Å². The molecule has 2 atom stereocenters. The molecule has 0 amide bonds. The van der Waals surface area contributed by atoms with Crippen LogP contribution in [0.25, 0.3) is 0 Å². The standard InChI is InChI=1S/C14H22O2S/c1-3-12(2)17-11-14(15)10-16-9-13-7-5-4-6-8-13/h4-8,12,14-15H,3,9-11H2,1-2H3. The molecule has 0 aliphatic carbocycles. The van der Waals surface area contributed by atoms with E-state index < -0.39 is 0 Å². The van der Waals surface area contributed by atoms with Crippen LogP contribution in [0.3, 0.4) is 0 Å². The van der Waals surface area contributed by atoms with Crippen LogP contribution in [0.5, 0.6) is 0 Å². The zero-order valence-corrected chi connectivity index (χ0v) is 11.5. The molecule has 0 radical (unpaired) electrons. The third-order valence-electron chi connectivity index (χ3n) is 2.57. The van der Waals surface area contributed by atoms with Crippen LogP contribution in [-0.2, 0) is 11.3 Å². The van der Waals surface area contributed by atoms with E-state index in [1.807, 2.05) is 30.3 Å². The molecule has 0 aliphatic heterocycles. The van der Waals surface area contributed by atoms with Gasteiger partial charge in [-0.1, -0.05) is 44.2 Å². The van der Waals surface area contributed by atoms with Crippen LogP contribution >= 0.6 is 11.8 Å². The average Bonchev–Trinajstić information content (AvgIpc) is 2.37. The van der Waals surface area contributed by atoms with Crippen LogP contribution in [0.4, 0.5) is 0 Å². The normalized spacial score (nSPS) is 14.5. The second kappa shape index (κ2) is 8.56. The van der Waals surface area contributed by atoms with Crippen molar-refractivity contribution < 1.29 is 9.84 Å². The van der Waals surface area contributed by atoms with E-state index in [9.17, 15) is 5.11 Å². The number of aliphatic hydroxyl groups excluding tert-OH is 1. The first-order valence-electron chi connectivity index (χ1n) is 6.13. The van der Waals surface area contributed by atoms with Gasteiger partial charge in [0.25, 0.3) is 0 Å². The van der Waals surface area contributed by atoms with Gasteiger partial charge in [0, 0.05) is 11.0 Å². The fraction of sp³-hybridized carbons (Fsp3) is 0.571. The second-order valence-electron chi connectivity index (χ2n) is 4.21. The van der Waals surface area contributed by atoms with E-state index in [2.05, 4.69) is 13.8 Å². The van der Waals surface area contributed by atoms with Crippen molar-refractivity contribution in [2.75, 3.05) is 12.4 Å². The fourth-order valence-electron chi connectivity index (χ4n) is 1.33. The highest BCUT2D eigenvalue weighted by Gasteiger charge is 2.07. The van der Waals surface area contributed by atoms with E-state index in [1.165, 1.54) is 0 Å². The summed E-state index contributed by atoms with van der Waals surface area (Å²) in [5.74, 6) is 0.754. The first-order valence-corrected chi connectivity index (χ1v) is 7.18. The average molecular weight is 254 g/mol. The molecule has 0 spiro atoms. The van der Waals surface area contributed by atoms with Crippen molar-refractivity contribution in [3.05, 3.63) is 35.9 Å². The molecule has 0 aliphatic rings. The quantitative estimate of drug-likeness (QED) is 0.773. The third kappa shape index (κ3) is 6.71. The van der Waals surface area contributed by atoms with E-state index >= 15 is 0 Å². The molecule has 0 fully saturated rings. The van der Waals surface area contributed by atoms with Crippen LogP contribution < -0.4 is 0 Å². The number of ether oxygens (including phenoxy) is 1. The number of aliphatic hydroxyl groups is 1. The molecule has 2 unspecified atom stereocenters.